The number of para-hydroxylation sites is 1. The lowest BCUT2D eigenvalue weighted by atomic mass is 9.93. The van der Waals surface area contributed by atoms with Gasteiger partial charge in [-0.25, -0.2) is 14.8 Å². The minimum absolute atomic E-state index is 0.0694. The number of carbonyl (C=O) groups excluding carboxylic acids is 4. The first-order valence-corrected chi connectivity index (χ1v) is 24.7. The Kier molecular flexibility index (Phi) is 13.1. The highest BCUT2D eigenvalue weighted by molar-refractivity contribution is 7.22. The van der Waals surface area contributed by atoms with Gasteiger partial charge in [0.2, 0.25) is 17.7 Å². The van der Waals surface area contributed by atoms with Gasteiger partial charge < -0.3 is 20.1 Å². The van der Waals surface area contributed by atoms with Gasteiger partial charge in [0.25, 0.3) is 5.91 Å². The summed E-state index contributed by atoms with van der Waals surface area (Å²) in [7, 11) is 1.80. The number of carboxylic acids is 1. The molecule has 4 amide bonds. The van der Waals surface area contributed by atoms with Gasteiger partial charge in [0.15, 0.2) is 10.8 Å². The van der Waals surface area contributed by atoms with E-state index in [9.17, 15) is 29.1 Å². The highest BCUT2D eigenvalue weighted by atomic mass is 32.1. The van der Waals surface area contributed by atoms with Gasteiger partial charge in [-0.05, 0) is 110 Å². The van der Waals surface area contributed by atoms with Crippen molar-refractivity contribution in [2.24, 2.45) is 7.05 Å². The molecule has 10 rings (SSSR count). The Morgan fingerprint density at radius 1 is 0.901 bits per heavy atom. The number of aryl methyl sites for hydroxylation is 1. The summed E-state index contributed by atoms with van der Waals surface area (Å²) in [4.78, 5) is 80.1. The quantitative estimate of drug-likeness (QED) is 0.0861. The van der Waals surface area contributed by atoms with Crippen LogP contribution in [-0.4, -0.2) is 116 Å². The van der Waals surface area contributed by atoms with E-state index in [1.54, 1.807) is 11.7 Å². The molecule has 71 heavy (non-hydrogen) atoms. The van der Waals surface area contributed by atoms with Crippen molar-refractivity contribution in [3.63, 3.8) is 0 Å². The number of rotatable bonds is 13. The topological polar surface area (TPSA) is 204 Å². The summed E-state index contributed by atoms with van der Waals surface area (Å²) >= 11 is 1.42. The lowest BCUT2D eigenvalue weighted by Gasteiger charge is -2.44. The third-order valence-corrected chi connectivity index (χ3v) is 14.9. The SMILES string of the molecule is Cc1c(OCCN2C[C@@H](C)N(CC(=O)Nc3ccc4c(C5CCC(=O)NC5=O)nn(C)c4c3)[C@@H](C)C2)cccc1-c1ccc(N2CCc3cccc(C(=O)Nc4nc5ccccc5s4)c3C2)nc1C(=O)O. The molecule has 3 aliphatic heterocycles. The summed E-state index contributed by atoms with van der Waals surface area (Å²) in [6.07, 6.45) is 1.34. The van der Waals surface area contributed by atoms with E-state index in [1.807, 2.05) is 103 Å². The zero-order chi connectivity index (χ0) is 49.5. The lowest BCUT2D eigenvalue weighted by molar-refractivity contribution is -0.134. The van der Waals surface area contributed by atoms with Crippen molar-refractivity contribution >= 4 is 78.7 Å². The number of imide groups is 1. The average molecular weight is 975 g/mol. The Labute approximate surface area is 413 Å². The molecule has 0 spiro atoms. The smallest absolute Gasteiger partial charge is 0.355 e. The molecule has 0 aliphatic carbocycles. The molecular formula is C53H54N10O7S. The van der Waals surface area contributed by atoms with Crippen LogP contribution in [0.5, 0.6) is 5.75 Å². The number of hydrogen-bond acceptors (Lipinski definition) is 13. The maximum Gasteiger partial charge on any atom is 0.355 e. The molecule has 18 heteroatoms. The van der Waals surface area contributed by atoms with Crippen LogP contribution in [0.1, 0.15) is 75.8 Å². The molecule has 3 aliphatic rings. The normalized spacial score (nSPS) is 18.6. The van der Waals surface area contributed by atoms with E-state index in [-0.39, 0.29) is 54.4 Å². The number of ether oxygens (including phenoxy) is 1. The van der Waals surface area contributed by atoms with E-state index in [4.69, 9.17) is 9.72 Å². The highest BCUT2D eigenvalue weighted by Crippen LogP contribution is 2.36. The number of piperazine rings is 1. The fraction of sp³-hybridized carbons (Fsp3) is 0.321. The number of hydrogen-bond donors (Lipinski definition) is 4. The highest BCUT2D eigenvalue weighted by Gasteiger charge is 2.33. The maximum absolute atomic E-state index is 13.7. The molecule has 0 radical (unpaired) electrons. The Bertz CT molecular complexity index is 3210. The van der Waals surface area contributed by atoms with Crippen LogP contribution in [0.15, 0.2) is 91.0 Å². The van der Waals surface area contributed by atoms with Gasteiger partial charge in [0, 0.05) is 80.5 Å². The molecule has 3 atom stereocenters. The van der Waals surface area contributed by atoms with E-state index in [2.05, 4.69) is 49.7 Å². The van der Waals surface area contributed by atoms with Crippen molar-refractivity contribution in [3.05, 3.63) is 125 Å². The van der Waals surface area contributed by atoms with Gasteiger partial charge in [0.05, 0.1) is 33.9 Å². The second-order valence-electron chi connectivity index (χ2n) is 18.6. The molecule has 3 aromatic heterocycles. The first kappa shape index (κ1) is 47.2. The minimum Gasteiger partial charge on any atom is -0.492 e. The number of carbonyl (C=O) groups is 5. The number of fused-ring (bicyclic) bond motifs is 3. The number of anilines is 3. The monoisotopic (exact) mass is 974 g/mol. The molecular weight excluding hydrogens is 921 g/mol. The van der Waals surface area contributed by atoms with Crippen molar-refractivity contribution in [1.82, 2.24) is 34.9 Å². The summed E-state index contributed by atoms with van der Waals surface area (Å²) in [5.74, 6) is -1.48. The molecule has 2 fully saturated rings. The molecule has 0 saturated carbocycles. The second kappa shape index (κ2) is 19.7. The molecule has 4 N–H and O–H groups in total. The standard InChI is InChI=1S/C53H54N10O7S/c1-30-26-61(27-31(2)63(30)29-47(65)54-34-15-16-38-42(25-34)60(4)59-48(38)39-18-20-46(64)57-51(39)67)23-24-70-43-13-8-10-35(32(43)3)36-17-19-45(56-49(36)52(68)69)62-22-21-33-9-7-11-37(40(33)28-62)50(66)58-53-55-41-12-5-6-14-44(41)71-53/h5-17,19,25,30-31,39H,18,20-24,26-29H2,1-4H3,(H,54,65)(H,68,69)(H,55,58,66)(H,57,64,67)/t30-,31+,39?. The Balaban J connectivity index is 0.748. The van der Waals surface area contributed by atoms with Crippen LogP contribution in [0.25, 0.3) is 32.2 Å². The predicted molar refractivity (Wildman–Crippen MR) is 272 cm³/mol. The van der Waals surface area contributed by atoms with Crippen molar-refractivity contribution < 1.29 is 33.8 Å². The van der Waals surface area contributed by atoms with E-state index in [0.717, 1.165) is 50.9 Å². The van der Waals surface area contributed by atoms with Crippen LogP contribution in [0.2, 0.25) is 0 Å². The molecule has 0 bridgehead atoms. The summed E-state index contributed by atoms with van der Waals surface area (Å²) in [5.41, 5.74) is 7.26. The van der Waals surface area contributed by atoms with Gasteiger partial charge in [-0.3, -0.25) is 44.3 Å². The summed E-state index contributed by atoms with van der Waals surface area (Å²) in [6, 6.07) is 28.5. The molecule has 17 nitrogen and oxygen atoms in total. The van der Waals surface area contributed by atoms with E-state index < -0.39 is 11.9 Å². The minimum atomic E-state index is -1.14. The number of benzene rings is 4. The van der Waals surface area contributed by atoms with Gasteiger partial charge in [0.1, 0.15) is 18.2 Å². The number of carboxylic acid groups (broad SMARTS) is 1. The van der Waals surface area contributed by atoms with Crippen LogP contribution in [0.4, 0.5) is 16.6 Å². The zero-order valence-electron chi connectivity index (χ0n) is 39.9. The van der Waals surface area contributed by atoms with Crippen LogP contribution in [-0.2, 0) is 34.4 Å². The Hall–Kier alpha value is -7.54. The lowest BCUT2D eigenvalue weighted by Crippen LogP contribution is -2.58. The largest absolute Gasteiger partial charge is 0.492 e. The first-order chi connectivity index (χ1) is 34.3. The molecule has 4 aromatic carbocycles. The number of aromatic nitrogens is 4. The predicted octanol–water partition coefficient (Wildman–Crippen LogP) is 7.00. The van der Waals surface area contributed by atoms with Gasteiger partial charge in [-0.2, -0.15) is 5.10 Å². The summed E-state index contributed by atoms with van der Waals surface area (Å²) in [5, 5.41) is 24.9. The summed E-state index contributed by atoms with van der Waals surface area (Å²) < 4.78 is 9.06. The first-order valence-electron chi connectivity index (χ1n) is 23.9. The molecule has 6 heterocycles. The van der Waals surface area contributed by atoms with Crippen molar-refractivity contribution in [2.75, 3.05) is 54.9 Å². The summed E-state index contributed by atoms with van der Waals surface area (Å²) in [6.45, 7) is 9.92. The molecule has 7 aromatic rings. The fourth-order valence-corrected chi connectivity index (χ4v) is 11.2. The van der Waals surface area contributed by atoms with E-state index >= 15 is 0 Å². The van der Waals surface area contributed by atoms with Crippen LogP contribution >= 0.6 is 11.3 Å². The van der Waals surface area contributed by atoms with E-state index in [0.29, 0.717) is 83.9 Å². The Morgan fingerprint density at radius 3 is 2.49 bits per heavy atom. The van der Waals surface area contributed by atoms with Gasteiger partial charge in [-0.15, -0.1) is 0 Å². The molecule has 364 valence electrons. The third kappa shape index (κ3) is 9.70. The number of nitrogens with zero attached hydrogens (tertiary/aromatic N) is 7. The molecule has 1 unspecified atom stereocenters. The third-order valence-electron chi connectivity index (χ3n) is 13.9. The van der Waals surface area contributed by atoms with Gasteiger partial charge in [-0.1, -0.05) is 47.7 Å². The maximum atomic E-state index is 13.7. The number of pyridine rings is 1. The zero-order valence-corrected chi connectivity index (χ0v) is 40.7. The van der Waals surface area contributed by atoms with E-state index in [1.165, 1.54) is 11.3 Å². The number of aromatic carboxylic acids is 1. The number of thiazole rings is 1. The van der Waals surface area contributed by atoms with Crippen LogP contribution < -0.4 is 25.6 Å². The molecule has 2 saturated heterocycles. The average Bonchev–Trinajstić information content (AvgIpc) is 3.91. The van der Waals surface area contributed by atoms with Crippen molar-refractivity contribution in [1.29, 1.82) is 0 Å². The number of piperidine rings is 1. The van der Waals surface area contributed by atoms with Crippen molar-refractivity contribution in [3.8, 4) is 16.9 Å². The number of nitrogens with one attached hydrogen (secondary N) is 3. The second-order valence-corrected chi connectivity index (χ2v) is 19.7. The number of amides is 4. The Morgan fingerprint density at radius 2 is 1.70 bits per heavy atom. The van der Waals surface area contributed by atoms with Crippen LogP contribution in [0, 0.1) is 6.92 Å². The fourth-order valence-electron chi connectivity index (χ4n) is 10.3. The van der Waals surface area contributed by atoms with Gasteiger partial charge >= 0.3 is 5.97 Å². The van der Waals surface area contributed by atoms with Crippen molar-refractivity contribution in [2.45, 2.75) is 64.6 Å². The van der Waals surface area contributed by atoms with Crippen LogP contribution in [0.3, 0.4) is 0 Å².